The molecule has 0 aliphatic carbocycles. The first-order valence-corrected chi connectivity index (χ1v) is 7.89. The maximum atomic E-state index is 12.3. The molecule has 0 atom stereocenters. The number of para-hydroxylation sites is 2. The van der Waals surface area contributed by atoms with Crippen molar-refractivity contribution in [2.75, 3.05) is 32.6 Å². The van der Waals surface area contributed by atoms with Crippen molar-refractivity contribution in [3.05, 3.63) is 47.9 Å². The van der Waals surface area contributed by atoms with Crippen LogP contribution in [-0.2, 0) is 16.1 Å². The highest BCUT2D eigenvalue weighted by Gasteiger charge is 2.19. The molecule has 0 spiro atoms. The number of furan rings is 1. The molecule has 0 radical (unpaired) electrons. The standard InChI is InChI=1S/C18H22N2O5/c1-4-20(11-13-9-10-25-17(13)18(22)24-3)12-16(21)19-14-7-5-6-8-15(14)23-2/h5-10H,4,11-12H2,1-3H3,(H,19,21). The molecular weight excluding hydrogens is 324 g/mol. The van der Waals surface area contributed by atoms with E-state index >= 15 is 0 Å². The van der Waals surface area contributed by atoms with Crippen LogP contribution in [0, 0.1) is 0 Å². The molecule has 25 heavy (non-hydrogen) atoms. The third-order valence-corrected chi connectivity index (χ3v) is 3.71. The maximum Gasteiger partial charge on any atom is 0.374 e. The summed E-state index contributed by atoms with van der Waals surface area (Å²) in [5.41, 5.74) is 1.29. The average Bonchev–Trinajstić information content (AvgIpc) is 3.09. The number of hydrogen-bond acceptors (Lipinski definition) is 6. The summed E-state index contributed by atoms with van der Waals surface area (Å²) in [4.78, 5) is 25.9. The molecule has 1 heterocycles. The fourth-order valence-corrected chi connectivity index (χ4v) is 2.39. The number of carbonyl (C=O) groups is 2. The van der Waals surface area contributed by atoms with Crippen LogP contribution in [0.25, 0.3) is 0 Å². The number of hydrogen-bond donors (Lipinski definition) is 1. The molecule has 7 nitrogen and oxygen atoms in total. The molecule has 2 rings (SSSR count). The van der Waals surface area contributed by atoms with E-state index in [0.717, 1.165) is 0 Å². The van der Waals surface area contributed by atoms with Crippen molar-refractivity contribution < 1.29 is 23.5 Å². The molecule has 1 aromatic heterocycles. The molecule has 1 N–H and O–H groups in total. The number of likely N-dealkylation sites (N-methyl/N-ethyl adjacent to an activating group) is 1. The molecule has 1 aromatic carbocycles. The summed E-state index contributed by atoms with van der Waals surface area (Å²) in [6, 6.07) is 8.91. The number of anilines is 1. The third kappa shape index (κ3) is 4.84. The van der Waals surface area contributed by atoms with E-state index in [1.807, 2.05) is 24.0 Å². The molecule has 0 aliphatic rings. The summed E-state index contributed by atoms with van der Waals surface area (Å²) in [5.74, 6) is 0.0526. The van der Waals surface area contributed by atoms with Crippen LogP contribution in [-0.4, -0.2) is 44.1 Å². The molecule has 134 valence electrons. The van der Waals surface area contributed by atoms with Crippen LogP contribution in [0.5, 0.6) is 5.75 Å². The van der Waals surface area contributed by atoms with Gasteiger partial charge in [0.1, 0.15) is 5.75 Å². The van der Waals surface area contributed by atoms with Gasteiger partial charge in [-0.25, -0.2) is 4.79 Å². The van der Waals surface area contributed by atoms with Crippen molar-refractivity contribution in [3.8, 4) is 5.75 Å². The Kier molecular flexibility index (Phi) is 6.59. The number of esters is 1. The number of nitrogens with one attached hydrogen (secondary N) is 1. The Hall–Kier alpha value is -2.80. The highest BCUT2D eigenvalue weighted by molar-refractivity contribution is 5.93. The van der Waals surface area contributed by atoms with Crippen LogP contribution in [0.2, 0.25) is 0 Å². The number of ether oxygens (including phenoxy) is 2. The Balaban J connectivity index is 2.01. The molecule has 0 bridgehead atoms. The molecule has 0 saturated heterocycles. The van der Waals surface area contributed by atoms with Crippen LogP contribution in [0.1, 0.15) is 23.0 Å². The Labute approximate surface area is 146 Å². The fraction of sp³-hybridized carbons (Fsp3) is 0.333. The third-order valence-electron chi connectivity index (χ3n) is 3.71. The zero-order chi connectivity index (χ0) is 18.2. The smallest absolute Gasteiger partial charge is 0.374 e. The first kappa shape index (κ1) is 18.5. The summed E-state index contributed by atoms with van der Waals surface area (Å²) < 4.78 is 15.1. The van der Waals surface area contributed by atoms with E-state index in [0.29, 0.717) is 30.1 Å². The van der Waals surface area contributed by atoms with Crippen molar-refractivity contribution in [1.82, 2.24) is 4.90 Å². The van der Waals surface area contributed by atoms with E-state index in [4.69, 9.17) is 13.9 Å². The highest BCUT2D eigenvalue weighted by atomic mass is 16.5. The van der Waals surface area contributed by atoms with Crippen molar-refractivity contribution in [2.45, 2.75) is 13.5 Å². The molecule has 0 unspecified atom stereocenters. The minimum absolute atomic E-state index is 0.158. The maximum absolute atomic E-state index is 12.3. The van der Waals surface area contributed by atoms with Crippen LogP contribution in [0.3, 0.4) is 0 Å². The minimum atomic E-state index is -0.533. The second kappa shape index (κ2) is 8.89. The predicted octanol–water partition coefficient (Wildman–Crippen LogP) is 2.54. The molecule has 0 fully saturated rings. The average molecular weight is 346 g/mol. The summed E-state index contributed by atoms with van der Waals surface area (Å²) in [6.45, 7) is 3.14. The number of nitrogens with zero attached hydrogens (tertiary/aromatic N) is 1. The van der Waals surface area contributed by atoms with E-state index in [2.05, 4.69) is 5.32 Å². The Morgan fingerprint density at radius 1 is 1.20 bits per heavy atom. The Morgan fingerprint density at radius 2 is 1.96 bits per heavy atom. The van der Waals surface area contributed by atoms with Crippen molar-refractivity contribution in [2.24, 2.45) is 0 Å². The minimum Gasteiger partial charge on any atom is -0.495 e. The number of amides is 1. The number of benzene rings is 1. The van der Waals surface area contributed by atoms with Gasteiger partial charge >= 0.3 is 5.97 Å². The molecular formula is C18H22N2O5. The van der Waals surface area contributed by atoms with Gasteiger partial charge in [-0.15, -0.1) is 0 Å². The quantitative estimate of drug-likeness (QED) is 0.740. The van der Waals surface area contributed by atoms with Gasteiger partial charge in [0.15, 0.2) is 0 Å². The van der Waals surface area contributed by atoms with Gasteiger partial charge in [-0.3, -0.25) is 9.69 Å². The predicted molar refractivity (Wildman–Crippen MR) is 92.6 cm³/mol. The number of methoxy groups -OCH3 is 2. The van der Waals surface area contributed by atoms with Gasteiger partial charge < -0.3 is 19.2 Å². The Bertz CT molecular complexity index is 726. The van der Waals surface area contributed by atoms with Crippen molar-refractivity contribution >= 4 is 17.6 Å². The fourth-order valence-electron chi connectivity index (χ4n) is 2.39. The lowest BCUT2D eigenvalue weighted by Gasteiger charge is -2.20. The van der Waals surface area contributed by atoms with Gasteiger partial charge in [-0.2, -0.15) is 0 Å². The highest BCUT2D eigenvalue weighted by Crippen LogP contribution is 2.23. The number of rotatable bonds is 8. The first-order valence-electron chi connectivity index (χ1n) is 7.89. The second-order valence-electron chi connectivity index (χ2n) is 5.32. The molecule has 2 aromatic rings. The zero-order valence-electron chi connectivity index (χ0n) is 14.6. The van der Waals surface area contributed by atoms with Gasteiger partial charge in [0.05, 0.1) is 32.7 Å². The Morgan fingerprint density at radius 3 is 2.64 bits per heavy atom. The molecule has 0 saturated carbocycles. The monoisotopic (exact) mass is 346 g/mol. The van der Waals surface area contributed by atoms with Gasteiger partial charge in [0.25, 0.3) is 0 Å². The van der Waals surface area contributed by atoms with E-state index in [1.54, 1.807) is 25.3 Å². The second-order valence-corrected chi connectivity index (χ2v) is 5.32. The van der Waals surface area contributed by atoms with Gasteiger partial charge in [0, 0.05) is 12.1 Å². The zero-order valence-corrected chi connectivity index (χ0v) is 14.6. The largest absolute Gasteiger partial charge is 0.495 e. The summed E-state index contributed by atoms with van der Waals surface area (Å²) >= 11 is 0. The summed E-state index contributed by atoms with van der Waals surface area (Å²) in [5, 5.41) is 2.83. The first-order chi connectivity index (χ1) is 12.1. The molecule has 1 amide bonds. The lowest BCUT2D eigenvalue weighted by Crippen LogP contribution is -2.33. The molecule has 7 heteroatoms. The van der Waals surface area contributed by atoms with E-state index in [1.165, 1.54) is 13.4 Å². The lowest BCUT2D eigenvalue weighted by molar-refractivity contribution is -0.117. The van der Waals surface area contributed by atoms with Gasteiger partial charge in [0.2, 0.25) is 11.7 Å². The van der Waals surface area contributed by atoms with Crippen LogP contribution >= 0.6 is 0 Å². The van der Waals surface area contributed by atoms with Crippen molar-refractivity contribution in [3.63, 3.8) is 0 Å². The lowest BCUT2D eigenvalue weighted by atomic mass is 10.2. The van der Waals surface area contributed by atoms with E-state index in [9.17, 15) is 9.59 Å². The molecule has 0 aliphatic heterocycles. The van der Waals surface area contributed by atoms with Crippen LogP contribution in [0.4, 0.5) is 5.69 Å². The van der Waals surface area contributed by atoms with Crippen LogP contribution < -0.4 is 10.1 Å². The van der Waals surface area contributed by atoms with Crippen LogP contribution in [0.15, 0.2) is 41.0 Å². The van der Waals surface area contributed by atoms with Crippen molar-refractivity contribution in [1.29, 1.82) is 0 Å². The van der Waals surface area contributed by atoms with Gasteiger partial charge in [-0.1, -0.05) is 19.1 Å². The SMILES string of the molecule is CCN(CC(=O)Nc1ccccc1OC)Cc1ccoc1C(=O)OC. The van der Waals surface area contributed by atoms with E-state index in [-0.39, 0.29) is 18.2 Å². The normalized spacial score (nSPS) is 10.6. The number of carbonyl (C=O) groups excluding carboxylic acids is 2. The summed E-state index contributed by atoms with van der Waals surface area (Å²) in [6.07, 6.45) is 1.43. The summed E-state index contributed by atoms with van der Waals surface area (Å²) in [7, 11) is 2.85. The van der Waals surface area contributed by atoms with Gasteiger partial charge in [-0.05, 0) is 24.7 Å². The topological polar surface area (TPSA) is 81.0 Å². The van der Waals surface area contributed by atoms with E-state index < -0.39 is 5.97 Å².